The number of imide groups is 1. The van der Waals surface area contributed by atoms with Gasteiger partial charge in [0.05, 0.1) is 23.3 Å². The van der Waals surface area contributed by atoms with E-state index >= 15 is 0 Å². The van der Waals surface area contributed by atoms with E-state index in [1.807, 2.05) is 13.8 Å². The first-order valence-corrected chi connectivity index (χ1v) is 10.0. The van der Waals surface area contributed by atoms with E-state index in [9.17, 15) is 14.4 Å². The molecule has 3 amide bonds. The van der Waals surface area contributed by atoms with Gasteiger partial charge in [0.2, 0.25) is 5.91 Å². The molecule has 2 aromatic rings. The molecule has 29 heavy (non-hydrogen) atoms. The van der Waals surface area contributed by atoms with Crippen LogP contribution in [0.25, 0.3) is 5.57 Å². The van der Waals surface area contributed by atoms with Gasteiger partial charge in [-0.1, -0.05) is 32.0 Å². The van der Waals surface area contributed by atoms with Crippen molar-refractivity contribution < 1.29 is 19.1 Å². The monoisotopic (exact) mass is 410 g/mol. The van der Waals surface area contributed by atoms with E-state index in [2.05, 4.69) is 5.32 Å². The molecule has 1 aliphatic rings. The van der Waals surface area contributed by atoms with Crippen molar-refractivity contribution in [3.05, 3.63) is 59.0 Å². The molecule has 1 aliphatic heterocycles. The van der Waals surface area contributed by atoms with E-state index in [1.54, 1.807) is 48.5 Å². The fourth-order valence-corrected chi connectivity index (χ4v) is 4.00. The van der Waals surface area contributed by atoms with Gasteiger partial charge < -0.3 is 10.1 Å². The maximum absolute atomic E-state index is 13.3. The van der Waals surface area contributed by atoms with Crippen LogP contribution in [-0.2, 0) is 14.4 Å². The molecule has 7 heteroatoms. The van der Waals surface area contributed by atoms with Crippen molar-refractivity contribution in [1.29, 1.82) is 0 Å². The summed E-state index contributed by atoms with van der Waals surface area (Å²) < 4.78 is 5.23. The van der Waals surface area contributed by atoms with E-state index in [-0.39, 0.29) is 23.0 Å². The molecule has 2 aromatic carbocycles. The number of carbonyl (C=O) groups excluding carboxylic acids is 3. The average molecular weight is 410 g/mol. The SMILES string of the molecule is COc1cccc(N2C(=O)C(SC(C)C)=C(c3ccc(NC(C)=O)cc3)C2=O)c1. The van der Waals surface area contributed by atoms with Gasteiger partial charge >= 0.3 is 0 Å². The Balaban J connectivity index is 2.04. The van der Waals surface area contributed by atoms with Crippen LogP contribution in [0, 0.1) is 0 Å². The predicted molar refractivity (Wildman–Crippen MR) is 116 cm³/mol. The number of benzene rings is 2. The van der Waals surface area contributed by atoms with E-state index in [1.165, 1.54) is 30.7 Å². The van der Waals surface area contributed by atoms with Crippen molar-refractivity contribution in [1.82, 2.24) is 0 Å². The molecule has 0 saturated heterocycles. The van der Waals surface area contributed by atoms with Crippen LogP contribution in [-0.4, -0.2) is 30.1 Å². The molecule has 0 atom stereocenters. The lowest BCUT2D eigenvalue weighted by molar-refractivity contribution is -0.120. The number of amides is 3. The minimum absolute atomic E-state index is 0.126. The first-order chi connectivity index (χ1) is 13.8. The van der Waals surface area contributed by atoms with Crippen LogP contribution in [0.3, 0.4) is 0 Å². The second-order valence-electron chi connectivity index (χ2n) is 6.78. The van der Waals surface area contributed by atoms with Crippen LogP contribution in [0.15, 0.2) is 53.4 Å². The predicted octanol–water partition coefficient (Wildman–Crippen LogP) is 4.08. The smallest absolute Gasteiger partial charge is 0.272 e. The summed E-state index contributed by atoms with van der Waals surface area (Å²) in [5, 5.41) is 2.82. The fraction of sp³-hybridized carbons (Fsp3) is 0.227. The first-order valence-electron chi connectivity index (χ1n) is 9.13. The van der Waals surface area contributed by atoms with Crippen LogP contribution in [0.4, 0.5) is 11.4 Å². The number of hydrogen-bond donors (Lipinski definition) is 1. The lowest BCUT2D eigenvalue weighted by Gasteiger charge is -2.16. The zero-order valence-corrected chi connectivity index (χ0v) is 17.5. The van der Waals surface area contributed by atoms with Crippen molar-refractivity contribution in [2.75, 3.05) is 17.3 Å². The molecular weight excluding hydrogens is 388 g/mol. The third-order valence-electron chi connectivity index (χ3n) is 4.20. The van der Waals surface area contributed by atoms with Gasteiger partial charge in [-0.15, -0.1) is 11.8 Å². The van der Waals surface area contributed by atoms with Gasteiger partial charge in [0.15, 0.2) is 0 Å². The van der Waals surface area contributed by atoms with Gasteiger partial charge in [0, 0.05) is 23.9 Å². The topological polar surface area (TPSA) is 75.7 Å². The van der Waals surface area contributed by atoms with Crippen molar-refractivity contribution >= 4 is 46.4 Å². The highest BCUT2D eigenvalue weighted by Gasteiger charge is 2.40. The lowest BCUT2D eigenvalue weighted by atomic mass is 10.1. The lowest BCUT2D eigenvalue weighted by Crippen LogP contribution is -2.31. The Bertz CT molecular complexity index is 996. The molecule has 150 valence electrons. The highest BCUT2D eigenvalue weighted by molar-refractivity contribution is 8.04. The van der Waals surface area contributed by atoms with Crippen LogP contribution in [0.1, 0.15) is 26.3 Å². The molecule has 6 nitrogen and oxygen atoms in total. The van der Waals surface area contributed by atoms with Gasteiger partial charge in [0.1, 0.15) is 5.75 Å². The number of hydrogen-bond acceptors (Lipinski definition) is 5. The van der Waals surface area contributed by atoms with Gasteiger partial charge in [-0.3, -0.25) is 14.4 Å². The molecule has 0 spiro atoms. The van der Waals surface area contributed by atoms with Crippen LogP contribution < -0.4 is 15.0 Å². The van der Waals surface area contributed by atoms with Gasteiger partial charge in [-0.2, -0.15) is 0 Å². The summed E-state index contributed by atoms with van der Waals surface area (Å²) in [6.45, 7) is 5.38. The highest BCUT2D eigenvalue weighted by Crippen LogP contribution is 2.40. The normalized spacial score (nSPS) is 14.0. The second kappa shape index (κ2) is 8.53. The molecule has 0 fully saturated rings. The van der Waals surface area contributed by atoms with E-state index < -0.39 is 0 Å². The molecule has 0 aliphatic carbocycles. The second-order valence-corrected chi connectivity index (χ2v) is 8.36. The third-order valence-corrected chi connectivity index (χ3v) is 5.29. The van der Waals surface area contributed by atoms with E-state index in [0.717, 1.165) is 0 Å². The molecule has 0 unspecified atom stereocenters. The minimum Gasteiger partial charge on any atom is -0.497 e. The van der Waals surface area contributed by atoms with Crippen LogP contribution >= 0.6 is 11.8 Å². The maximum Gasteiger partial charge on any atom is 0.272 e. The Morgan fingerprint density at radius 2 is 1.76 bits per heavy atom. The van der Waals surface area contributed by atoms with Crippen molar-refractivity contribution in [3.63, 3.8) is 0 Å². The molecule has 1 heterocycles. The minimum atomic E-state index is -0.376. The van der Waals surface area contributed by atoms with Crippen molar-refractivity contribution in [3.8, 4) is 5.75 Å². The summed E-state index contributed by atoms with van der Waals surface area (Å²) in [5.41, 5.74) is 2.09. The molecule has 0 radical (unpaired) electrons. The molecule has 0 aromatic heterocycles. The Labute approximate surface area is 173 Å². The first kappa shape index (κ1) is 20.7. The fourth-order valence-electron chi connectivity index (χ4n) is 3.02. The average Bonchev–Trinajstić information content (AvgIpc) is 2.91. The van der Waals surface area contributed by atoms with E-state index in [0.29, 0.717) is 33.2 Å². The number of thioether (sulfide) groups is 1. The largest absolute Gasteiger partial charge is 0.497 e. The third kappa shape index (κ3) is 4.35. The summed E-state index contributed by atoms with van der Waals surface area (Å²) in [4.78, 5) is 39.3. The summed E-state index contributed by atoms with van der Waals surface area (Å²) >= 11 is 1.37. The molecular formula is C22H22N2O4S. The number of nitrogens with zero attached hydrogens (tertiary/aromatic N) is 1. The number of carbonyl (C=O) groups is 3. The molecule has 0 bridgehead atoms. The Hall–Kier alpha value is -3.06. The standard InChI is InChI=1S/C22H22N2O4S/c1-13(2)29-20-19(15-8-10-16(11-9-15)23-14(3)25)21(26)24(22(20)27)17-6-5-7-18(12-17)28-4/h5-13H,1-4H3,(H,23,25). The Morgan fingerprint density at radius 1 is 1.07 bits per heavy atom. The number of anilines is 2. The number of nitrogens with one attached hydrogen (secondary N) is 1. The molecule has 1 N–H and O–H groups in total. The molecule has 3 rings (SSSR count). The van der Waals surface area contributed by atoms with Crippen molar-refractivity contribution in [2.24, 2.45) is 0 Å². The zero-order valence-electron chi connectivity index (χ0n) is 16.7. The maximum atomic E-state index is 13.3. The number of rotatable bonds is 6. The van der Waals surface area contributed by atoms with Crippen LogP contribution in [0.5, 0.6) is 5.75 Å². The number of ether oxygens (including phenoxy) is 1. The van der Waals surface area contributed by atoms with Gasteiger partial charge in [-0.05, 0) is 29.8 Å². The summed E-state index contributed by atoms with van der Waals surface area (Å²) in [7, 11) is 1.53. The Morgan fingerprint density at radius 3 is 2.34 bits per heavy atom. The quantitative estimate of drug-likeness (QED) is 0.727. The summed E-state index contributed by atoms with van der Waals surface area (Å²) in [6.07, 6.45) is 0. The van der Waals surface area contributed by atoms with E-state index in [4.69, 9.17) is 4.74 Å². The van der Waals surface area contributed by atoms with Crippen molar-refractivity contribution in [2.45, 2.75) is 26.0 Å². The van der Waals surface area contributed by atoms with Gasteiger partial charge in [0.25, 0.3) is 11.8 Å². The summed E-state index contributed by atoms with van der Waals surface area (Å²) in [5.74, 6) is -0.333. The Kier molecular flexibility index (Phi) is 6.08. The van der Waals surface area contributed by atoms with Gasteiger partial charge in [-0.25, -0.2) is 4.90 Å². The highest BCUT2D eigenvalue weighted by atomic mass is 32.2. The zero-order chi connectivity index (χ0) is 21.1. The molecule has 0 saturated carbocycles. The summed E-state index contributed by atoms with van der Waals surface area (Å²) in [6, 6.07) is 13.8. The number of methoxy groups -OCH3 is 1. The van der Waals surface area contributed by atoms with Crippen LogP contribution in [0.2, 0.25) is 0 Å².